The molecule has 1 aliphatic rings. The van der Waals surface area contributed by atoms with Gasteiger partial charge in [0, 0.05) is 41.0 Å². The summed E-state index contributed by atoms with van der Waals surface area (Å²) >= 11 is 0. The van der Waals surface area contributed by atoms with Gasteiger partial charge in [0.25, 0.3) is 0 Å². The molecule has 1 fully saturated rings. The van der Waals surface area contributed by atoms with Crippen LogP contribution in [0.1, 0.15) is 48.2 Å². The molecule has 0 saturated carbocycles. The van der Waals surface area contributed by atoms with Crippen LogP contribution in [-0.2, 0) is 10.2 Å². The first-order chi connectivity index (χ1) is 17.6. The van der Waals surface area contributed by atoms with Crippen molar-refractivity contribution >= 4 is 32.7 Å². The van der Waals surface area contributed by atoms with Crippen molar-refractivity contribution < 1.29 is 22.0 Å². The van der Waals surface area contributed by atoms with Crippen molar-refractivity contribution in [3.8, 4) is 11.1 Å². The molecule has 0 unspecified atom stereocenters. The van der Waals surface area contributed by atoms with Crippen LogP contribution in [0.15, 0.2) is 54.9 Å². The minimum Gasteiger partial charge on any atom is -0.345 e. The van der Waals surface area contributed by atoms with Gasteiger partial charge in [-0.2, -0.15) is 12.7 Å². The molecule has 0 amide bonds. The lowest BCUT2D eigenvalue weighted by Gasteiger charge is -2.26. The number of carbonyl (C=O) groups excluding carboxylic acids is 1. The Morgan fingerprint density at radius 2 is 1.73 bits per heavy atom. The highest BCUT2D eigenvalue weighted by atomic mass is 32.2. The number of hydrogen-bond donors (Lipinski definition) is 2. The highest BCUT2D eigenvalue weighted by Gasteiger charge is 2.37. The van der Waals surface area contributed by atoms with Gasteiger partial charge in [0.15, 0.2) is 5.82 Å². The summed E-state index contributed by atoms with van der Waals surface area (Å²) in [4.78, 5) is 20.6. The van der Waals surface area contributed by atoms with Crippen LogP contribution in [0.25, 0.3) is 22.2 Å². The van der Waals surface area contributed by atoms with E-state index in [1.54, 1.807) is 26.1 Å². The number of aromatic amines is 1. The third kappa shape index (κ3) is 4.51. The van der Waals surface area contributed by atoms with Crippen LogP contribution in [0.3, 0.4) is 0 Å². The SMILES string of the molecule is Cc1ccc(-c2cnc3[nH]cc(C(=O)c4c(F)ccc(NS(=O)(=O)N5[C@@H](C)CC[C@@H]5C)c4F)c3c2)cc1. The van der Waals surface area contributed by atoms with Gasteiger partial charge in [0.1, 0.15) is 11.5 Å². The van der Waals surface area contributed by atoms with E-state index in [2.05, 4.69) is 14.7 Å². The average molecular weight is 525 g/mol. The second kappa shape index (κ2) is 9.35. The molecule has 10 heteroatoms. The van der Waals surface area contributed by atoms with Gasteiger partial charge in [-0.15, -0.1) is 0 Å². The van der Waals surface area contributed by atoms with E-state index in [0.717, 1.165) is 28.8 Å². The number of nitrogens with zero attached hydrogens (tertiary/aromatic N) is 2. The van der Waals surface area contributed by atoms with E-state index < -0.39 is 38.9 Å². The number of carbonyl (C=O) groups is 1. The van der Waals surface area contributed by atoms with E-state index in [4.69, 9.17) is 0 Å². The second-order valence-electron chi connectivity index (χ2n) is 9.51. The molecule has 3 heterocycles. The maximum atomic E-state index is 15.5. The number of nitrogens with one attached hydrogen (secondary N) is 2. The third-order valence-corrected chi connectivity index (χ3v) is 8.62. The topological polar surface area (TPSA) is 95.2 Å². The molecule has 0 bridgehead atoms. The molecule has 1 saturated heterocycles. The summed E-state index contributed by atoms with van der Waals surface area (Å²) in [5, 5.41) is 0.396. The lowest BCUT2D eigenvalue weighted by molar-refractivity contribution is 0.103. The molecular formula is C27H26F2N4O3S. The molecule has 7 nitrogen and oxygen atoms in total. The van der Waals surface area contributed by atoms with Gasteiger partial charge in [-0.1, -0.05) is 29.8 Å². The second-order valence-corrected chi connectivity index (χ2v) is 11.1. The standard InChI is InChI=1S/C27H26F2N4O3S/c1-15-4-8-18(9-5-15)19-12-20-21(14-31-27(20)30-13-19)26(34)24-22(28)10-11-23(25(24)29)32-37(35,36)33-16(2)6-7-17(33)3/h4-5,8-14,16-17,32H,6-7H2,1-3H3,(H,30,31)/t16-,17-/m0/s1. The Balaban J connectivity index is 1.53. The molecule has 2 aromatic heterocycles. The Morgan fingerprint density at radius 3 is 2.41 bits per heavy atom. The molecule has 5 rings (SSSR count). The zero-order valence-electron chi connectivity index (χ0n) is 20.5. The maximum absolute atomic E-state index is 15.5. The number of ketones is 1. The van der Waals surface area contributed by atoms with Crippen LogP contribution in [0.2, 0.25) is 0 Å². The summed E-state index contributed by atoms with van der Waals surface area (Å²) in [7, 11) is -4.12. The Kier molecular flexibility index (Phi) is 6.33. The first kappa shape index (κ1) is 25.0. The van der Waals surface area contributed by atoms with E-state index in [1.165, 1.54) is 10.5 Å². The van der Waals surface area contributed by atoms with Crippen LogP contribution in [-0.4, -0.2) is 40.6 Å². The third-order valence-electron chi connectivity index (χ3n) is 6.87. The molecule has 0 aliphatic carbocycles. The van der Waals surface area contributed by atoms with E-state index in [9.17, 15) is 17.6 Å². The molecule has 2 atom stereocenters. The number of fused-ring (bicyclic) bond motifs is 1. The smallest absolute Gasteiger partial charge is 0.302 e. The van der Waals surface area contributed by atoms with Crippen molar-refractivity contribution in [2.24, 2.45) is 0 Å². The lowest BCUT2D eigenvalue weighted by atomic mass is 9.99. The number of halogens is 2. The highest BCUT2D eigenvalue weighted by molar-refractivity contribution is 7.90. The van der Waals surface area contributed by atoms with Crippen molar-refractivity contribution in [2.75, 3.05) is 4.72 Å². The normalized spacial score (nSPS) is 18.4. The Labute approximate surface area is 213 Å². The molecule has 0 radical (unpaired) electrons. The molecular weight excluding hydrogens is 498 g/mol. The summed E-state index contributed by atoms with van der Waals surface area (Å²) in [6.45, 7) is 5.51. The number of aryl methyl sites for hydroxylation is 1. The first-order valence-corrected chi connectivity index (χ1v) is 13.4. The number of benzene rings is 2. The highest BCUT2D eigenvalue weighted by Crippen LogP contribution is 2.32. The molecule has 2 aromatic carbocycles. The van der Waals surface area contributed by atoms with Gasteiger partial charge in [-0.3, -0.25) is 9.52 Å². The predicted octanol–water partition coefficient (Wildman–Crippen LogP) is 5.58. The summed E-state index contributed by atoms with van der Waals surface area (Å²) in [5.41, 5.74) is 1.77. The monoisotopic (exact) mass is 524 g/mol. The van der Waals surface area contributed by atoms with E-state index in [-0.39, 0.29) is 17.6 Å². The quantitative estimate of drug-likeness (QED) is 0.322. The fraction of sp³-hybridized carbons (Fsp3) is 0.259. The minimum atomic E-state index is -4.12. The van der Waals surface area contributed by atoms with Gasteiger partial charge < -0.3 is 4.98 Å². The van der Waals surface area contributed by atoms with Crippen molar-refractivity contribution in [3.05, 3.63) is 83.2 Å². The van der Waals surface area contributed by atoms with Crippen molar-refractivity contribution in [1.29, 1.82) is 0 Å². The van der Waals surface area contributed by atoms with Gasteiger partial charge in [0.05, 0.1) is 11.3 Å². The fourth-order valence-electron chi connectivity index (χ4n) is 4.91. The zero-order chi connectivity index (χ0) is 26.5. The average Bonchev–Trinajstić information content (AvgIpc) is 3.43. The minimum absolute atomic E-state index is 0.0241. The summed E-state index contributed by atoms with van der Waals surface area (Å²) in [6.07, 6.45) is 4.35. The Bertz CT molecular complexity index is 1610. The molecule has 0 spiro atoms. The molecule has 1 aliphatic heterocycles. The number of hydrogen-bond acceptors (Lipinski definition) is 4. The van der Waals surface area contributed by atoms with Crippen LogP contribution in [0.5, 0.6) is 0 Å². The largest absolute Gasteiger partial charge is 0.345 e. The van der Waals surface area contributed by atoms with Crippen molar-refractivity contribution in [1.82, 2.24) is 14.3 Å². The number of rotatable bonds is 6. The molecule has 2 N–H and O–H groups in total. The molecule has 37 heavy (non-hydrogen) atoms. The Morgan fingerprint density at radius 1 is 1.05 bits per heavy atom. The molecule has 192 valence electrons. The molecule has 4 aromatic rings. The van der Waals surface area contributed by atoms with E-state index in [0.29, 0.717) is 23.9 Å². The van der Waals surface area contributed by atoms with Gasteiger partial charge in [-0.05, 0) is 57.4 Å². The Hall–Kier alpha value is -3.63. The van der Waals surface area contributed by atoms with E-state index in [1.807, 2.05) is 31.2 Å². The first-order valence-electron chi connectivity index (χ1n) is 11.9. The van der Waals surface area contributed by atoms with Crippen molar-refractivity contribution in [3.63, 3.8) is 0 Å². The van der Waals surface area contributed by atoms with Crippen molar-refractivity contribution in [2.45, 2.75) is 45.7 Å². The van der Waals surface area contributed by atoms with E-state index >= 15 is 4.39 Å². The number of aromatic nitrogens is 2. The zero-order valence-corrected chi connectivity index (χ0v) is 21.4. The lowest BCUT2D eigenvalue weighted by Crippen LogP contribution is -2.42. The van der Waals surface area contributed by atoms with Crippen LogP contribution in [0.4, 0.5) is 14.5 Å². The number of pyridine rings is 1. The predicted molar refractivity (Wildman–Crippen MR) is 139 cm³/mol. The summed E-state index contributed by atoms with van der Waals surface area (Å²) < 4.78 is 59.9. The van der Waals surface area contributed by atoms with Crippen LogP contribution in [0, 0.1) is 18.6 Å². The van der Waals surface area contributed by atoms with Gasteiger partial charge in [-0.25, -0.2) is 13.8 Å². The fourth-order valence-corrected chi connectivity index (χ4v) is 6.61. The van der Waals surface area contributed by atoms with Gasteiger partial charge >= 0.3 is 10.2 Å². The summed E-state index contributed by atoms with van der Waals surface area (Å²) in [6, 6.07) is 10.8. The van der Waals surface area contributed by atoms with Crippen LogP contribution >= 0.6 is 0 Å². The van der Waals surface area contributed by atoms with Gasteiger partial charge in [0.2, 0.25) is 5.78 Å². The number of H-pyrrole nitrogens is 1. The van der Waals surface area contributed by atoms with Crippen LogP contribution < -0.4 is 4.72 Å². The maximum Gasteiger partial charge on any atom is 0.302 e. The summed E-state index contributed by atoms with van der Waals surface area (Å²) in [5.74, 6) is -3.29. The number of anilines is 1.